The summed E-state index contributed by atoms with van der Waals surface area (Å²) in [5.74, 6) is -0.596. The number of nitrogens with zero attached hydrogens (tertiary/aromatic N) is 2. The highest BCUT2D eigenvalue weighted by Crippen LogP contribution is 2.27. The van der Waals surface area contributed by atoms with Gasteiger partial charge in [0.05, 0.1) is 17.8 Å². The van der Waals surface area contributed by atoms with Crippen molar-refractivity contribution in [1.29, 1.82) is 0 Å². The van der Waals surface area contributed by atoms with Gasteiger partial charge in [-0.3, -0.25) is 4.79 Å². The van der Waals surface area contributed by atoms with Gasteiger partial charge >= 0.3 is 0 Å². The Hall–Kier alpha value is -1.20. The molecule has 1 N–H and O–H groups in total. The molecule has 0 saturated carbocycles. The Morgan fingerprint density at radius 2 is 1.72 bits per heavy atom. The molecule has 11 heteroatoms. The van der Waals surface area contributed by atoms with Crippen LogP contribution in [0.15, 0.2) is 23.1 Å². The highest BCUT2D eigenvalue weighted by molar-refractivity contribution is 7.89. The molecule has 0 fully saturated rings. The van der Waals surface area contributed by atoms with Gasteiger partial charge in [-0.15, -0.1) is 0 Å². The summed E-state index contributed by atoms with van der Waals surface area (Å²) < 4.78 is 50.0. The number of nitrogens with one attached hydrogen (secondary N) is 1. The number of likely N-dealkylation sites (N-methyl/N-ethyl adjacent to an activating group) is 1. The van der Waals surface area contributed by atoms with Gasteiger partial charge in [-0.25, -0.2) is 16.8 Å². The maximum atomic E-state index is 12.6. The lowest BCUT2D eigenvalue weighted by atomic mass is 10.3. The van der Waals surface area contributed by atoms with E-state index in [1.807, 2.05) is 0 Å². The number of rotatable bonds is 8. The molecule has 0 atom stereocenters. The van der Waals surface area contributed by atoms with Crippen LogP contribution < -0.4 is 5.32 Å². The molecule has 8 nitrogen and oxygen atoms in total. The molecular weight excluding hydrogens is 390 g/mol. The average molecular weight is 412 g/mol. The minimum atomic E-state index is -3.79. The van der Waals surface area contributed by atoms with Gasteiger partial charge < -0.3 is 5.32 Å². The number of amides is 1. The van der Waals surface area contributed by atoms with Crippen LogP contribution in [0.5, 0.6) is 0 Å². The molecule has 0 saturated heterocycles. The third-order valence-corrected chi connectivity index (χ3v) is 7.26. The van der Waals surface area contributed by atoms with Gasteiger partial charge in [-0.05, 0) is 18.2 Å². The molecule has 1 amide bonds. The molecule has 0 bridgehead atoms. The highest BCUT2D eigenvalue weighted by Gasteiger charge is 2.25. The van der Waals surface area contributed by atoms with E-state index in [-0.39, 0.29) is 35.2 Å². The summed E-state index contributed by atoms with van der Waals surface area (Å²) in [6.07, 6.45) is 0.983. The highest BCUT2D eigenvalue weighted by atomic mass is 35.5. The number of carbonyl (C=O) groups excluding carboxylic acids is 1. The van der Waals surface area contributed by atoms with Crippen molar-refractivity contribution in [3.63, 3.8) is 0 Å². The summed E-state index contributed by atoms with van der Waals surface area (Å²) in [7, 11) is -6.02. The monoisotopic (exact) mass is 411 g/mol. The van der Waals surface area contributed by atoms with Gasteiger partial charge in [0.1, 0.15) is 4.90 Å². The van der Waals surface area contributed by atoms with E-state index in [4.69, 9.17) is 11.6 Å². The Morgan fingerprint density at radius 3 is 2.20 bits per heavy atom. The Morgan fingerprint density at radius 1 is 1.16 bits per heavy atom. The van der Waals surface area contributed by atoms with Gasteiger partial charge in [0, 0.05) is 25.8 Å². The molecule has 0 aliphatic rings. The molecule has 1 rings (SSSR count). The average Bonchev–Trinajstić information content (AvgIpc) is 2.48. The molecule has 0 radical (unpaired) electrons. The number of anilines is 1. The van der Waals surface area contributed by atoms with Crippen molar-refractivity contribution < 1.29 is 21.6 Å². The van der Waals surface area contributed by atoms with Crippen LogP contribution in [0.3, 0.4) is 0 Å². The predicted molar refractivity (Wildman–Crippen MR) is 97.7 cm³/mol. The fourth-order valence-electron chi connectivity index (χ4n) is 2.00. The fraction of sp³-hybridized carbons (Fsp3) is 0.500. The van der Waals surface area contributed by atoms with E-state index in [1.165, 1.54) is 29.6 Å². The summed E-state index contributed by atoms with van der Waals surface area (Å²) in [6, 6.07) is 4.07. The first kappa shape index (κ1) is 21.8. The molecule has 142 valence electrons. The largest absolute Gasteiger partial charge is 0.325 e. The molecule has 0 unspecified atom stereocenters. The van der Waals surface area contributed by atoms with Crippen LogP contribution in [-0.2, 0) is 24.8 Å². The van der Waals surface area contributed by atoms with E-state index in [1.54, 1.807) is 13.8 Å². The van der Waals surface area contributed by atoms with Gasteiger partial charge in [-0.2, -0.15) is 8.61 Å². The Bertz CT molecular complexity index is 836. The number of hydrogen-bond donors (Lipinski definition) is 1. The van der Waals surface area contributed by atoms with E-state index in [9.17, 15) is 21.6 Å². The smallest absolute Gasteiger partial charge is 0.244 e. The first-order valence-electron chi connectivity index (χ1n) is 7.44. The molecule has 0 spiro atoms. The number of hydrogen-bond acceptors (Lipinski definition) is 5. The van der Waals surface area contributed by atoms with Crippen molar-refractivity contribution in [3.8, 4) is 0 Å². The van der Waals surface area contributed by atoms with E-state index in [2.05, 4.69) is 5.32 Å². The quantitative estimate of drug-likeness (QED) is 0.692. The number of halogens is 1. The zero-order chi connectivity index (χ0) is 19.4. The Kier molecular flexibility index (Phi) is 7.39. The third-order valence-electron chi connectivity index (χ3n) is 3.47. The first-order chi connectivity index (χ1) is 11.4. The van der Waals surface area contributed by atoms with Crippen molar-refractivity contribution in [2.75, 3.05) is 38.3 Å². The van der Waals surface area contributed by atoms with Crippen molar-refractivity contribution in [3.05, 3.63) is 23.2 Å². The van der Waals surface area contributed by atoms with Crippen LogP contribution in [-0.4, -0.2) is 64.3 Å². The molecule has 1 aromatic rings. The molecular formula is C14H22ClN3O5S2. The summed E-state index contributed by atoms with van der Waals surface area (Å²) in [4.78, 5) is 11.8. The van der Waals surface area contributed by atoms with Crippen LogP contribution in [0, 0.1) is 0 Å². The van der Waals surface area contributed by atoms with Gasteiger partial charge in [0.25, 0.3) is 0 Å². The second-order valence-electron chi connectivity index (χ2n) is 5.30. The molecule has 0 aliphatic carbocycles. The van der Waals surface area contributed by atoms with E-state index >= 15 is 0 Å². The second kappa shape index (κ2) is 8.45. The molecule has 25 heavy (non-hydrogen) atoms. The van der Waals surface area contributed by atoms with Crippen LogP contribution in [0.4, 0.5) is 5.69 Å². The maximum Gasteiger partial charge on any atom is 0.244 e. The second-order valence-corrected chi connectivity index (χ2v) is 9.70. The summed E-state index contributed by atoms with van der Waals surface area (Å²) in [5.41, 5.74) is 0.210. The molecule has 0 aromatic heterocycles. The van der Waals surface area contributed by atoms with Crippen LogP contribution in [0.25, 0.3) is 0 Å². The molecule has 0 heterocycles. The number of carbonyl (C=O) groups is 1. The minimum absolute atomic E-state index is 0.0400. The van der Waals surface area contributed by atoms with Crippen LogP contribution in [0.1, 0.15) is 13.8 Å². The summed E-state index contributed by atoms with van der Waals surface area (Å²) in [6.45, 7) is 3.60. The van der Waals surface area contributed by atoms with Gasteiger partial charge in [0.2, 0.25) is 26.0 Å². The first-order valence-corrected chi connectivity index (χ1v) is 11.1. The van der Waals surface area contributed by atoms with Crippen molar-refractivity contribution >= 4 is 43.2 Å². The van der Waals surface area contributed by atoms with Gasteiger partial charge in [0.15, 0.2) is 0 Å². The zero-order valence-electron chi connectivity index (χ0n) is 14.5. The molecule has 0 aliphatic heterocycles. The fourth-order valence-corrected chi connectivity index (χ4v) is 4.31. The third kappa shape index (κ3) is 5.65. The Balaban J connectivity index is 3.08. The van der Waals surface area contributed by atoms with E-state index < -0.39 is 26.0 Å². The lowest BCUT2D eigenvalue weighted by Gasteiger charge is -2.20. The van der Waals surface area contributed by atoms with Crippen molar-refractivity contribution in [2.45, 2.75) is 18.7 Å². The summed E-state index contributed by atoms with van der Waals surface area (Å²) in [5, 5.41) is 2.51. The molecule has 1 aromatic carbocycles. The van der Waals surface area contributed by atoms with Crippen molar-refractivity contribution in [1.82, 2.24) is 8.61 Å². The standard InChI is InChI=1S/C14H22ClN3O5S2/c1-5-18(6-2)25(22,23)13-9-11(7-8-12(13)15)16-14(19)10-17(3)24(4,20)21/h7-9H,5-6,10H2,1-4H3,(H,16,19). The maximum absolute atomic E-state index is 12.6. The van der Waals surface area contributed by atoms with E-state index in [0.29, 0.717) is 0 Å². The topological polar surface area (TPSA) is 104 Å². The lowest BCUT2D eigenvalue weighted by molar-refractivity contribution is -0.116. The van der Waals surface area contributed by atoms with E-state index in [0.717, 1.165) is 10.6 Å². The normalized spacial score (nSPS) is 12.6. The van der Waals surface area contributed by atoms with Crippen molar-refractivity contribution in [2.24, 2.45) is 0 Å². The SMILES string of the molecule is CCN(CC)S(=O)(=O)c1cc(NC(=O)CN(C)S(C)(=O)=O)ccc1Cl. The zero-order valence-corrected chi connectivity index (χ0v) is 16.9. The van der Waals surface area contributed by atoms with Gasteiger partial charge in [-0.1, -0.05) is 25.4 Å². The minimum Gasteiger partial charge on any atom is -0.325 e. The predicted octanol–water partition coefficient (Wildman–Crippen LogP) is 1.20. The Labute approximate surface area is 153 Å². The summed E-state index contributed by atoms with van der Waals surface area (Å²) >= 11 is 6.01. The van der Waals surface area contributed by atoms with Crippen LogP contribution >= 0.6 is 11.6 Å². The number of benzene rings is 1. The number of sulfonamides is 2. The lowest BCUT2D eigenvalue weighted by Crippen LogP contribution is -2.34. The van der Waals surface area contributed by atoms with Crippen LogP contribution in [0.2, 0.25) is 5.02 Å².